The summed E-state index contributed by atoms with van der Waals surface area (Å²) in [6, 6.07) is 11.5. The van der Waals surface area contributed by atoms with Gasteiger partial charge in [-0.15, -0.1) is 0 Å². The van der Waals surface area contributed by atoms with Crippen LogP contribution in [-0.4, -0.2) is 11.9 Å². The molecule has 1 heterocycles. The molecule has 2 aromatic rings. The van der Waals surface area contributed by atoms with Crippen molar-refractivity contribution in [2.75, 3.05) is 5.32 Å². The first kappa shape index (κ1) is 16.3. The average molecular weight is 339 g/mol. The third-order valence-corrected chi connectivity index (χ3v) is 4.70. The molecule has 5 heteroatoms. The Labute approximate surface area is 144 Å². The van der Waals surface area contributed by atoms with Gasteiger partial charge in [0.15, 0.2) is 0 Å². The first-order valence-corrected chi connectivity index (χ1v) is 8.35. The van der Waals surface area contributed by atoms with Gasteiger partial charge in [0.25, 0.3) is 5.91 Å². The van der Waals surface area contributed by atoms with Crippen molar-refractivity contribution in [2.24, 2.45) is 0 Å². The van der Waals surface area contributed by atoms with Crippen LogP contribution in [0.2, 0.25) is 0 Å². The largest absolute Gasteiger partial charge is 0.426 e. The first-order valence-electron chi connectivity index (χ1n) is 7.53. The van der Waals surface area contributed by atoms with E-state index in [9.17, 15) is 9.59 Å². The van der Waals surface area contributed by atoms with Gasteiger partial charge in [-0.2, -0.15) is 0 Å². The van der Waals surface area contributed by atoms with Crippen molar-refractivity contribution in [2.45, 2.75) is 25.7 Å². The Kier molecular flexibility index (Phi) is 4.44. The molecular weight excluding hydrogens is 322 g/mol. The summed E-state index contributed by atoms with van der Waals surface area (Å²) in [5.74, 6) is 0.125. The predicted molar refractivity (Wildman–Crippen MR) is 96.1 cm³/mol. The normalized spacial score (nSPS) is 15.0. The quantitative estimate of drug-likeness (QED) is 0.503. The summed E-state index contributed by atoms with van der Waals surface area (Å²) in [6.07, 6.45) is 1.85. The molecule has 0 radical (unpaired) electrons. The molecule has 2 aromatic carbocycles. The Morgan fingerprint density at radius 2 is 1.83 bits per heavy atom. The summed E-state index contributed by atoms with van der Waals surface area (Å²) in [5.41, 5.74) is 3.46. The number of para-hydroxylation sites is 1. The molecule has 24 heavy (non-hydrogen) atoms. The van der Waals surface area contributed by atoms with Crippen LogP contribution in [0.25, 0.3) is 6.08 Å². The molecule has 0 fully saturated rings. The second-order valence-electron chi connectivity index (χ2n) is 5.64. The zero-order valence-corrected chi connectivity index (χ0v) is 14.5. The van der Waals surface area contributed by atoms with E-state index in [2.05, 4.69) is 5.32 Å². The summed E-state index contributed by atoms with van der Waals surface area (Å²) in [4.78, 5) is 25.1. The molecule has 3 rings (SSSR count). The van der Waals surface area contributed by atoms with E-state index >= 15 is 0 Å². The molecule has 1 aliphatic heterocycles. The lowest BCUT2D eigenvalue weighted by atomic mass is 10.1. The van der Waals surface area contributed by atoms with Crippen molar-refractivity contribution in [3.8, 4) is 5.75 Å². The van der Waals surface area contributed by atoms with Crippen LogP contribution in [0.3, 0.4) is 0 Å². The lowest BCUT2D eigenvalue weighted by Crippen LogP contribution is -2.17. The zero-order valence-electron chi connectivity index (χ0n) is 13.7. The Morgan fingerprint density at radius 1 is 1.17 bits per heavy atom. The van der Waals surface area contributed by atoms with Crippen LogP contribution in [0.1, 0.15) is 23.6 Å². The topological polar surface area (TPSA) is 55.4 Å². The predicted octanol–water partition coefficient (Wildman–Crippen LogP) is 4.31. The molecule has 1 amide bonds. The summed E-state index contributed by atoms with van der Waals surface area (Å²) in [5, 5.41) is 2.90. The van der Waals surface area contributed by atoms with Gasteiger partial charge in [0.2, 0.25) is 0 Å². The van der Waals surface area contributed by atoms with Crippen LogP contribution in [0.4, 0.5) is 5.69 Å². The van der Waals surface area contributed by atoms with E-state index in [1.54, 1.807) is 0 Å². The zero-order chi connectivity index (χ0) is 17.3. The Hall–Kier alpha value is -2.53. The molecule has 0 unspecified atom stereocenters. The fourth-order valence-corrected chi connectivity index (χ4v) is 3.58. The molecule has 0 saturated heterocycles. The number of ether oxygens (including phenoxy) is 1. The highest BCUT2D eigenvalue weighted by Gasteiger charge is 2.20. The third-order valence-electron chi connectivity index (χ3n) is 3.61. The van der Waals surface area contributed by atoms with Gasteiger partial charge in [-0.1, -0.05) is 23.9 Å². The smallest absolute Gasteiger partial charge is 0.308 e. The minimum absolute atomic E-state index is 0.113. The summed E-state index contributed by atoms with van der Waals surface area (Å²) < 4.78 is 5.24. The highest BCUT2D eigenvalue weighted by atomic mass is 32.2. The molecule has 1 N–H and O–H groups in total. The molecule has 0 spiro atoms. The minimum atomic E-state index is -0.342. The first-order chi connectivity index (χ1) is 11.4. The number of nitrogens with one attached hydrogen (secondary N) is 1. The summed E-state index contributed by atoms with van der Waals surface area (Å²) in [6.45, 7) is 5.16. The number of benzene rings is 2. The van der Waals surface area contributed by atoms with E-state index in [0.717, 1.165) is 27.3 Å². The maximum Gasteiger partial charge on any atom is 0.308 e. The van der Waals surface area contributed by atoms with E-state index < -0.39 is 0 Å². The van der Waals surface area contributed by atoms with E-state index in [1.165, 1.54) is 18.7 Å². The number of carbonyl (C=O) groups excluding carboxylic acids is 2. The number of fused-ring (bicyclic) bond motifs is 1. The number of hydrogen-bond donors (Lipinski definition) is 1. The maximum atomic E-state index is 12.3. The van der Waals surface area contributed by atoms with Gasteiger partial charge in [-0.05, 0) is 60.9 Å². The summed E-state index contributed by atoms with van der Waals surface area (Å²) in [7, 11) is 0. The van der Waals surface area contributed by atoms with Crippen molar-refractivity contribution in [1.29, 1.82) is 0 Å². The van der Waals surface area contributed by atoms with Gasteiger partial charge in [0, 0.05) is 11.8 Å². The molecule has 0 aromatic heterocycles. The summed E-state index contributed by atoms with van der Waals surface area (Å²) >= 11 is 1.45. The van der Waals surface area contributed by atoms with Crippen LogP contribution >= 0.6 is 11.8 Å². The molecule has 0 bridgehead atoms. The monoisotopic (exact) mass is 339 g/mol. The van der Waals surface area contributed by atoms with Crippen LogP contribution < -0.4 is 10.1 Å². The number of esters is 1. The molecule has 0 aliphatic carbocycles. The minimum Gasteiger partial charge on any atom is -0.426 e. The molecule has 4 nitrogen and oxygen atoms in total. The second-order valence-corrected chi connectivity index (χ2v) is 6.72. The standard InChI is InChI=1S/C19H17NO3S/c1-11-8-14(9-12(2)18(11)23-13(3)21)10-17-19(22)20-15-6-4-5-7-16(15)24-17/h4-10H,1-3H3,(H,20,22). The van der Waals surface area contributed by atoms with Gasteiger partial charge in [0.1, 0.15) is 5.75 Å². The molecule has 0 atom stereocenters. The Bertz CT molecular complexity index is 848. The van der Waals surface area contributed by atoms with Gasteiger partial charge >= 0.3 is 5.97 Å². The maximum absolute atomic E-state index is 12.3. The van der Waals surface area contributed by atoms with E-state index in [1.807, 2.05) is 56.3 Å². The van der Waals surface area contributed by atoms with Crippen molar-refractivity contribution < 1.29 is 14.3 Å². The highest BCUT2D eigenvalue weighted by molar-refractivity contribution is 8.04. The van der Waals surface area contributed by atoms with Crippen molar-refractivity contribution in [3.05, 3.63) is 58.0 Å². The molecule has 122 valence electrons. The van der Waals surface area contributed by atoms with Crippen LogP contribution in [-0.2, 0) is 9.59 Å². The molecular formula is C19H17NO3S. The fourth-order valence-electron chi connectivity index (χ4n) is 2.63. The van der Waals surface area contributed by atoms with E-state index in [0.29, 0.717) is 10.7 Å². The van der Waals surface area contributed by atoms with E-state index in [-0.39, 0.29) is 11.9 Å². The van der Waals surface area contributed by atoms with Crippen LogP contribution in [0.5, 0.6) is 5.75 Å². The van der Waals surface area contributed by atoms with Crippen molar-refractivity contribution in [1.82, 2.24) is 0 Å². The molecule has 1 aliphatic rings. The van der Waals surface area contributed by atoms with Crippen molar-refractivity contribution in [3.63, 3.8) is 0 Å². The Morgan fingerprint density at radius 3 is 2.50 bits per heavy atom. The number of anilines is 1. The van der Waals surface area contributed by atoms with Crippen LogP contribution in [0.15, 0.2) is 46.2 Å². The van der Waals surface area contributed by atoms with Crippen molar-refractivity contribution >= 4 is 35.4 Å². The lowest BCUT2D eigenvalue weighted by molar-refractivity contribution is -0.132. The Balaban J connectivity index is 1.94. The third kappa shape index (κ3) is 3.36. The average Bonchev–Trinajstić information content (AvgIpc) is 2.51. The van der Waals surface area contributed by atoms with E-state index in [4.69, 9.17) is 4.74 Å². The number of aryl methyl sites for hydroxylation is 2. The van der Waals surface area contributed by atoms with Gasteiger partial charge in [-0.25, -0.2) is 0 Å². The number of amides is 1. The van der Waals surface area contributed by atoms with Gasteiger partial charge in [-0.3, -0.25) is 9.59 Å². The van der Waals surface area contributed by atoms with Gasteiger partial charge in [0.05, 0.1) is 10.6 Å². The SMILES string of the molecule is CC(=O)Oc1c(C)cc(C=C2Sc3ccccc3NC2=O)cc1C. The highest BCUT2D eigenvalue weighted by Crippen LogP contribution is 2.39. The fraction of sp³-hybridized carbons (Fsp3) is 0.158. The van der Waals surface area contributed by atoms with Crippen LogP contribution in [0, 0.1) is 13.8 Å². The molecule has 0 saturated carbocycles. The number of carbonyl (C=O) groups is 2. The number of rotatable bonds is 2. The number of hydrogen-bond acceptors (Lipinski definition) is 4. The van der Waals surface area contributed by atoms with Gasteiger partial charge < -0.3 is 10.1 Å². The lowest BCUT2D eigenvalue weighted by Gasteiger charge is -2.18. The second kappa shape index (κ2) is 6.53. The number of thioether (sulfide) groups is 1.